The van der Waals surface area contributed by atoms with Crippen LogP contribution >= 0.6 is 0 Å². The number of likely N-dealkylation sites (tertiary alicyclic amines) is 1. The number of carbonyl (C=O) groups excluding carboxylic acids is 4. The molecule has 2 aromatic rings. The molecule has 0 bridgehead atoms. The maximum absolute atomic E-state index is 13.5. The topological polar surface area (TPSA) is 91.1 Å². The van der Waals surface area contributed by atoms with Crippen molar-refractivity contribution in [3.63, 3.8) is 0 Å². The second-order valence-electron chi connectivity index (χ2n) is 8.70. The van der Waals surface area contributed by atoms with Crippen LogP contribution in [0, 0.1) is 6.92 Å². The number of hydrogen-bond donors (Lipinski definition) is 0. The highest BCUT2D eigenvalue weighted by molar-refractivity contribution is 6.11. The van der Waals surface area contributed by atoms with E-state index >= 15 is 0 Å². The summed E-state index contributed by atoms with van der Waals surface area (Å²) in [6.07, 6.45) is 2.02. The molecule has 0 N–H and O–H groups in total. The number of amides is 4. The second-order valence-corrected chi connectivity index (χ2v) is 8.70. The number of furan rings is 1. The van der Waals surface area contributed by atoms with Gasteiger partial charge in [-0.15, -0.1) is 0 Å². The Kier molecular flexibility index (Phi) is 6.35. The van der Waals surface area contributed by atoms with Crippen molar-refractivity contribution in [2.45, 2.75) is 38.5 Å². The molecule has 0 unspecified atom stereocenters. The average Bonchev–Trinajstić information content (AvgIpc) is 3.32. The van der Waals surface area contributed by atoms with E-state index in [0.29, 0.717) is 32.6 Å². The first-order chi connectivity index (χ1) is 15.9. The number of likely N-dealkylation sites (N-methyl/N-ethyl adjacent to an activating group) is 1. The molecule has 2 saturated heterocycles. The highest BCUT2D eigenvalue weighted by Gasteiger charge is 2.54. The molecule has 4 rings (SSSR count). The first-order valence-corrected chi connectivity index (χ1v) is 11.4. The molecule has 0 spiro atoms. The van der Waals surface area contributed by atoms with E-state index in [1.807, 2.05) is 31.2 Å². The summed E-state index contributed by atoms with van der Waals surface area (Å²) in [5.41, 5.74) is 0.429. The molecule has 174 valence electrons. The number of carbonyl (C=O) groups is 4. The average molecular weight is 452 g/mol. The lowest BCUT2D eigenvalue weighted by molar-refractivity contribution is -0.142. The van der Waals surface area contributed by atoms with Gasteiger partial charge in [-0.2, -0.15) is 0 Å². The normalized spacial score (nSPS) is 21.5. The number of rotatable bonds is 5. The summed E-state index contributed by atoms with van der Waals surface area (Å²) >= 11 is 0. The third-order valence-corrected chi connectivity index (χ3v) is 6.71. The van der Waals surface area contributed by atoms with Gasteiger partial charge in [-0.25, -0.2) is 0 Å². The molecule has 4 amide bonds. The molecule has 0 radical (unpaired) electrons. The van der Waals surface area contributed by atoms with Gasteiger partial charge in [0.05, 0.1) is 11.7 Å². The van der Waals surface area contributed by atoms with Gasteiger partial charge in [0, 0.05) is 45.6 Å². The van der Waals surface area contributed by atoms with Gasteiger partial charge in [0.25, 0.3) is 5.91 Å². The van der Waals surface area contributed by atoms with Gasteiger partial charge in [0.2, 0.25) is 17.7 Å². The predicted octanol–water partition coefficient (Wildman–Crippen LogP) is 2.37. The Morgan fingerprint density at radius 2 is 1.73 bits per heavy atom. The van der Waals surface area contributed by atoms with Crippen LogP contribution in [0.25, 0.3) is 0 Å². The third-order valence-electron chi connectivity index (χ3n) is 6.71. The zero-order valence-corrected chi connectivity index (χ0v) is 19.1. The van der Waals surface area contributed by atoms with Crippen molar-refractivity contribution in [1.82, 2.24) is 14.7 Å². The van der Waals surface area contributed by atoms with E-state index in [2.05, 4.69) is 0 Å². The fraction of sp³-hybridized carbons (Fsp3) is 0.440. The SMILES string of the molecule is CCN1C(=O)C[C@@](CC(=O)N2CCCN(C(=O)c3ccco3)CC2)(c2ccccc2C)C1=O. The van der Waals surface area contributed by atoms with Crippen LogP contribution in [0.4, 0.5) is 0 Å². The summed E-state index contributed by atoms with van der Waals surface area (Å²) in [4.78, 5) is 56.9. The first kappa shape index (κ1) is 22.8. The van der Waals surface area contributed by atoms with Crippen LogP contribution < -0.4 is 0 Å². The van der Waals surface area contributed by atoms with Crippen molar-refractivity contribution in [1.29, 1.82) is 0 Å². The molecule has 3 heterocycles. The second kappa shape index (κ2) is 9.21. The number of nitrogens with zero attached hydrogens (tertiary/aromatic N) is 3. The molecule has 1 aromatic heterocycles. The fourth-order valence-corrected chi connectivity index (χ4v) is 4.97. The standard InChI is InChI=1S/C25H29N3O5/c1-3-28-22(30)17-25(24(28)32,19-9-5-4-8-18(19)2)16-21(29)26-11-7-12-27(14-13-26)23(31)20-10-6-15-33-20/h4-6,8-10,15H,3,7,11-14,16-17H2,1-2H3/t25-/m0/s1. The molecule has 1 atom stereocenters. The molecular formula is C25H29N3O5. The Hall–Kier alpha value is -3.42. The van der Waals surface area contributed by atoms with Crippen LogP contribution in [0.15, 0.2) is 47.1 Å². The summed E-state index contributed by atoms with van der Waals surface area (Å²) in [7, 11) is 0. The molecule has 2 aliphatic heterocycles. The lowest BCUT2D eigenvalue weighted by atomic mass is 9.74. The van der Waals surface area contributed by atoms with Gasteiger partial charge in [-0.3, -0.25) is 24.1 Å². The Balaban J connectivity index is 1.54. The van der Waals surface area contributed by atoms with Crippen LogP contribution in [0.1, 0.15) is 47.9 Å². The minimum atomic E-state index is -1.19. The summed E-state index contributed by atoms with van der Waals surface area (Å²) in [5, 5.41) is 0. The molecule has 2 aliphatic rings. The van der Waals surface area contributed by atoms with Crippen molar-refractivity contribution in [2.24, 2.45) is 0 Å². The zero-order valence-electron chi connectivity index (χ0n) is 19.1. The lowest BCUT2D eigenvalue weighted by Crippen LogP contribution is -2.44. The Morgan fingerprint density at radius 1 is 1.00 bits per heavy atom. The van der Waals surface area contributed by atoms with Crippen LogP contribution in [-0.2, 0) is 19.8 Å². The Bertz CT molecular complexity index is 1060. The Labute approximate surface area is 193 Å². The number of aryl methyl sites for hydroxylation is 1. The quantitative estimate of drug-likeness (QED) is 0.651. The molecule has 8 nitrogen and oxygen atoms in total. The lowest BCUT2D eigenvalue weighted by Gasteiger charge is -2.31. The monoisotopic (exact) mass is 451 g/mol. The molecule has 33 heavy (non-hydrogen) atoms. The molecule has 0 saturated carbocycles. The van der Waals surface area contributed by atoms with Crippen LogP contribution in [-0.4, -0.2) is 71.1 Å². The molecule has 0 aliphatic carbocycles. The van der Waals surface area contributed by atoms with Crippen molar-refractivity contribution in [3.8, 4) is 0 Å². The van der Waals surface area contributed by atoms with Gasteiger partial charge in [0.1, 0.15) is 0 Å². The maximum Gasteiger partial charge on any atom is 0.289 e. The van der Waals surface area contributed by atoms with Crippen LogP contribution in [0.2, 0.25) is 0 Å². The maximum atomic E-state index is 13.5. The smallest absolute Gasteiger partial charge is 0.289 e. The minimum Gasteiger partial charge on any atom is -0.459 e. The van der Waals surface area contributed by atoms with Gasteiger partial charge in [0.15, 0.2) is 5.76 Å². The predicted molar refractivity (Wildman–Crippen MR) is 120 cm³/mol. The number of benzene rings is 1. The van der Waals surface area contributed by atoms with Crippen molar-refractivity contribution < 1.29 is 23.6 Å². The summed E-state index contributed by atoms with van der Waals surface area (Å²) < 4.78 is 5.22. The van der Waals surface area contributed by atoms with E-state index in [1.54, 1.807) is 28.9 Å². The van der Waals surface area contributed by atoms with Gasteiger partial charge < -0.3 is 14.2 Å². The highest BCUT2D eigenvalue weighted by atomic mass is 16.3. The van der Waals surface area contributed by atoms with E-state index in [9.17, 15) is 19.2 Å². The summed E-state index contributed by atoms with van der Waals surface area (Å²) in [6.45, 7) is 5.72. The molecule has 1 aromatic carbocycles. The third kappa shape index (κ3) is 4.17. The molecular weight excluding hydrogens is 422 g/mol. The Morgan fingerprint density at radius 3 is 2.39 bits per heavy atom. The van der Waals surface area contributed by atoms with Crippen molar-refractivity contribution >= 4 is 23.6 Å². The van der Waals surface area contributed by atoms with E-state index in [0.717, 1.165) is 11.1 Å². The van der Waals surface area contributed by atoms with Crippen LogP contribution in [0.5, 0.6) is 0 Å². The van der Waals surface area contributed by atoms with E-state index < -0.39 is 5.41 Å². The van der Waals surface area contributed by atoms with Crippen molar-refractivity contribution in [3.05, 3.63) is 59.5 Å². The van der Waals surface area contributed by atoms with Gasteiger partial charge in [-0.1, -0.05) is 24.3 Å². The van der Waals surface area contributed by atoms with Gasteiger partial charge >= 0.3 is 0 Å². The largest absolute Gasteiger partial charge is 0.459 e. The fourth-order valence-electron chi connectivity index (χ4n) is 4.97. The van der Waals surface area contributed by atoms with E-state index in [1.165, 1.54) is 11.2 Å². The summed E-state index contributed by atoms with van der Waals surface area (Å²) in [5.74, 6) is -0.639. The summed E-state index contributed by atoms with van der Waals surface area (Å²) in [6, 6.07) is 10.8. The zero-order chi connectivity index (χ0) is 23.6. The highest BCUT2D eigenvalue weighted by Crippen LogP contribution is 2.41. The van der Waals surface area contributed by atoms with Crippen LogP contribution in [0.3, 0.4) is 0 Å². The molecule has 8 heteroatoms. The van der Waals surface area contributed by atoms with Gasteiger partial charge in [-0.05, 0) is 43.5 Å². The number of imide groups is 1. The van der Waals surface area contributed by atoms with E-state index in [4.69, 9.17) is 4.42 Å². The van der Waals surface area contributed by atoms with E-state index in [-0.39, 0.29) is 48.8 Å². The van der Waals surface area contributed by atoms with Crippen molar-refractivity contribution in [2.75, 3.05) is 32.7 Å². The molecule has 2 fully saturated rings. The first-order valence-electron chi connectivity index (χ1n) is 11.4. The minimum absolute atomic E-state index is 0.00673. The number of hydrogen-bond acceptors (Lipinski definition) is 5.